The van der Waals surface area contributed by atoms with E-state index < -0.39 is 11.9 Å². The van der Waals surface area contributed by atoms with Gasteiger partial charge in [-0.3, -0.25) is 9.59 Å². The van der Waals surface area contributed by atoms with E-state index in [4.69, 9.17) is 0 Å². The third-order valence-corrected chi connectivity index (χ3v) is 4.90. The molecule has 3 aromatic rings. The van der Waals surface area contributed by atoms with Gasteiger partial charge in [-0.05, 0) is 23.8 Å². The Morgan fingerprint density at radius 1 is 1.17 bits per heavy atom. The molecule has 0 fully saturated rings. The molecule has 0 aliphatic carbocycles. The smallest absolute Gasteiger partial charge is 0.312 e. The van der Waals surface area contributed by atoms with Crippen LogP contribution in [0, 0.1) is 0 Å². The fourth-order valence-electron chi connectivity index (χ4n) is 3.02. The highest BCUT2D eigenvalue weighted by Gasteiger charge is 2.37. The van der Waals surface area contributed by atoms with Gasteiger partial charge in [-0.25, -0.2) is 4.98 Å². The fourth-order valence-corrected chi connectivity index (χ4v) is 3.72. The van der Waals surface area contributed by atoms with E-state index >= 15 is 0 Å². The first kappa shape index (κ1) is 13.9. The third-order valence-electron chi connectivity index (χ3n) is 4.10. The molecular weight excluding hydrogens is 312 g/mol. The van der Waals surface area contributed by atoms with Crippen molar-refractivity contribution in [2.24, 2.45) is 0 Å². The van der Waals surface area contributed by atoms with Crippen LogP contribution in [-0.2, 0) is 4.79 Å². The minimum Gasteiger partial charge on any atom is -0.481 e. The fraction of sp³-hybridized carbons (Fsp3) is 0.118. The molecule has 1 aliphatic rings. The molecule has 0 saturated heterocycles. The second kappa shape index (κ2) is 5.17. The summed E-state index contributed by atoms with van der Waals surface area (Å²) in [4.78, 5) is 30.3. The minimum absolute atomic E-state index is 0.147. The number of carbonyl (C=O) groups is 2. The van der Waals surface area contributed by atoms with Gasteiger partial charge in [0.15, 0.2) is 0 Å². The number of benzene rings is 2. The standard InChI is InChI=1S/C17H12N2O3S/c20-16(11-5-3-7-14-15(11)18-9-23-14)19-8-12(17(21)22)10-4-1-2-6-13(10)19/h1-7,9,12H,8H2,(H,21,22). The highest BCUT2D eigenvalue weighted by molar-refractivity contribution is 7.16. The molecule has 23 heavy (non-hydrogen) atoms. The minimum atomic E-state index is -0.917. The van der Waals surface area contributed by atoms with E-state index in [0.717, 1.165) is 4.70 Å². The Hall–Kier alpha value is -2.73. The van der Waals surface area contributed by atoms with Crippen molar-refractivity contribution in [2.75, 3.05) is 11.4 Å². The van der Waals surface area contributed by atoms with Gasteiger partial charge >= 0.3 is 5.97 Å². The second-order valence-electron chi connectivity index (χ2n) is 5.37. The molecule has 1 N–H and O–H groups in total. The van der Waals surface area contributed by atoms with Gasteiger partial charge in [0.1, 0.15) is 5.92 Å². The van der Waals surface area contributed by atoms with Crippen molar-refractivity contribution in [3.05, 3.63) is 59.1 Å². The lowest BCUT2D eigenvalue weighted by molar-refractivity contribution is -0.138. The quantitative estimate of drug-likeness (QED) is 0.786. The SMILES string of the molecule is O=C(O)C1CN(C(=O)c2cccc3scnc23)c2ccccc21. The second-order valence-corrected chi connectivity index (χ2v) is 6.26. The highest BCUT2D eigenvalue weighted by Crippen LogP contribution is 2.37. The van der Waals surface area contributed by atoms with E-state index in [1.54, 1.807) is 34.7 Å². The van der Waals surface area contributed by atoms with Crippen molar-refractivity contribution in [1.82, 2.24) is 4.98 Å². The number of carbonyl (C=O) groups excluding carboxylic acids is 1. The van der Waals surface area contributed by atoms with Crippen molar-refractivity contribution >= 4 is 39.1 Å². The maximum Gasteiger partial charge on any atom is 0.312 e. The van der Waals surface area contributed by atoms with Crippen LogP contribution in [-0.4, -0.2) is 28.5 Å². The van der Waals surface area contributed by atoms with Gasteiger partial charge in [0.25, 0.3) is 5.91 Å². The molecule has 1 amide bonds. The van der Waals surface area contributed by atoms with E-state index in [-0.39, 0.29) is 12.5 Å². The molecule has 0 saturated carbocycles. The largest absolute Gasteiger partial charge is 0.481 e. The number of carboxylic acid groups (broad SMARTS) is 1. The zero-order valence-electron chi connectivity index (χ0n) is 12.0. The Morgan fingerprint density at radius 2 is 2.00 bits per heavy atom. The normalized spacial score (nSPS) is 16.5. The predicted octanol–water partition coefficient (Wildman–Crippen LogP) is 3.12. The first-order valence-corrected chi connectivity index (χ1v) is 8.00. The zero-order chi connectivity index (χ0) is 16.0. The predicted molar refractivity (Wildman–Crippen MR) is 88.1 cm³/mol. The van der Waals surface area contributed by atoms with Crippen LogP contribution in [0.15, 0.2) is 48.0 Å². The van der Waals surface area contributed by atoms with Crippen LogP contribution < -0.4 is 4.90 Å². The molecule has 0 radical (unpaired) electrons. The van der Waals surface area contributed by atoms with E-state index in [0.29, 0.717) is 22.3 Å². The molecule has 2 heterocycles. The van der Waals surface area contributed by atoms with Crippen LogP contribution in [0.5, 0.6) is 0 Å². The first-order valence-electron chi connectivity index (χ1n) is 7.12. The molecule has 0 spiro atoms. The number of hydrogen-bond acceptors (Lipinski definition) is 4. The van der Waals surface area contributed by atoms with Gasteiger partial charge in [0, 0.05) is 12.2 Å². The summed E-state index contributed by atoms with van der Waals surface area (Å²) in [5.74, 6) is -1.82. The third kappa shape index (κ3) is 2.10. The van der Waals surface area contributed by atoms with Gasteiger partial charge in [0.2, 0.25) is 0 Å². The Kier molecular flexibility index (Phi) is 3.12. The number of para-hydroxylation sites is 2. The molecule has 1 aromatic heterocycles. The molecular formula is C17H12N2O3S. The molecule has 0 bridgehead atoms. The van der Waals surface area contributed by atoms with E-state index in [9.17, 15) is 14.7 Å². The molecule has 1 aliphatic heterocycles. The van der Waals surface area contributed by atoms with E-state index in [2.05, 4.69) is 4.98 Å². The summed E-state index contributed by atoms with van der Waals surface area (Å²) >= 11 is 1.48. The summed E-state index contributed by atoms with van der Waals surface area (Å²) in [7, 11) is 0. The number of aliphatic carboxylic acids is 1. The van der Waals surface area contributed by atoms with Crippen LogP contribution in [0.2, 0.25) is 0 Å². The van der Waals surface area contributed by atoms with Gasteiger partial charge in [-0.1, -0.05) is 24.3 Å². The summed E-state index contributed by atoms with van der Waals surface area (Å²) in [5, 5.41) is 9.42. The topological polar surface area (TPSA) is 70.5 Å². The summed E-state index contributed by atoms with van der Waals surface area (Å²) in [6.07, 6.45) is 0. The maximum absolute atomic E-state index is 13.0. The summed E-state index contributed by atoms with van der Waals surface area (Å²) in [5.41, 5.74) is 4.22. The van der Waals surface area contributed by atoms with Crippen LogP contribution in [0.1, 0.15) is 21.8 Å². The van der Waals surface area contributed by atoms with Crippen molar-refractivity contribution in [3.63, 3.8) is 0 Å². The van der Waals surface area contributed by atoms with Crippen molar-refractivity contribution in [3.8, 4) is 0 Å². The number of nitrogens with zero attached hydrogens (tertiary/aromatic N) is 2. The van der Waals surface area contributed by atoms with E-state index in [1.807, 2.05) is 18.2 Å². The highest BCUT2D eigenvalue weighted by atomic mass is 32.1. The van der Waals surface area contributed by atoms with Crippen molar-refractivity contribution < 1.29 is 14.7 Å². The lowest BCUT2D eigenvalue weighted by atomic mass is 10.0. The Labute approximate surface area is 135 Å². The molecule has 1 atom stereocenters. The summed E-state index contributed by atoms with van der Waals surface area (Å²) in [6.45, 7) is 0.147. The Morgan fingerprint density at radius 3 is 2.83 bits per heavy atom. The zero-order valence-corrected chi connectivity index (χ0v) is 12.8. The van der Waals surface area contributed by atoms with E-state index in [1.165, 1.54) is 11.3 Å². The number of thiazole rings is 1. The molecule has 6 heteroatoms. The molecule has 1 unspecified atom stereocenters. The Balaban J connectivity index is 1.81. The average Bonchev–Trinajstić information content (AvgIpc) is 3.18. The van der Waals surface area contributed by atoms with Gasteiger partial charge in [0.05, 0.1) is 21.3 Å². The average molecular weight is 324 g/mol. The number of rotatable bonds is 2. The molecule has 114 valence electrons. The number of carboxylic acids is 1. The van der Waals surface area contributed by atoms with Crippen LogP contribution in [0.4, 0.5) is 5.69 Å². The van der Waals surface area contributed by atoms with Crippen LogP contribution in [0.3, 0.4) is 0 Å². The molecule has 5 nitrogen and oxygen atoms in total. The summed E-state index contributed by atoms with van der Waals surface area (Å²) in [6, 6.07) is 12.6. The molecule has 2 aromatic carbocycles. The number of amides is 1. The Bertz CT molecular complexity index is 934. The molecule has 4 rings (SSSR count). The monoisotopic (exact) mass is 324 g/mol. The van der Waals surface area contributed by atoms with Crippen molar-refractivity contribution in [2.45, 2.75) is 5.92 Å². The number of hydrogen-bond donors (Lipinski definition) is 1. The van der Waals surface area contributed by atoms with Gasteiger partial charge in [-0.15, -0.1) is 11.3 Å². The number of aromatic nitrogens is 1. The van der Waals surface area contributed by atoms with Gasteiger partial charge in [-0.2, -0.15) is 0 Å². The van der Waals surface area contributed by atoms with Gasteiger partial charge < -0.3 is 10.0 Å². The van der Waals surface area contributed by atoms with Crippen LogP contribution in [0.25, 0.3) is 10.2 Å². The van der Waals surface area contributed by atoms with Crippen molar-refractivity contribution in [1.29, 1.82) is 0 Å². The number of fused-ring (bicyclic) bond motifs is 2. The lowest BCUT2D eigenvalue weighted by Gasteiger charge is -2.17. The van der Waals surface area contributed by atoms with Crippen LogP contribution >= 0.6 is 11.3 Å². The first-order chi connectivity index (χ1) is 11.2. The lowest BCUT2D eigenvalue weighted by Crippen LogP contribution is -2.31. The summed E-state index contributed by atoms with van der Waals surface area (Å²) < 4.78 is 0.943. The maximum atomic E-state index is 13.0. The number of anilines is 1.